The van der Waals surface area contributed by atoms with E-state index < -0.39 is 17.5 Å². The van der Waals surface area contributed by atoms with Gasteiger partial charge in [0.25, 0.3) is 0 Å². The van der Waals surface area contributed by atoms with Gasteiger partial charge in [-0.05, 0) is 18.6 Å². The summed E-state index contributed by atoms with van der Waals surface area (Å²) in [6.45, 7) is 2.21. The van der Waals surface area contributed by atoms with Gasteiger partial charge in [-0.2, -0.15) is 15.0 Å². The van der Waals surface area contributed by atoms with Crippen molar-refractivity contribution in [2.75, 3.05) is 12.3 Å². The van der Waals surface area contributed by atoms with E-state index in [-0.39, 0.29) is 23.3 Å². The molecule has 8 heteroatoms. The Morgan fingerprint density at radius 1 is 1.10 bits per heavy atom. The second-order valence-electron chi connectivity index (χ2n) is 3.87. The van der Waals surface area contributed by atoms with Crippen LogP contribution in [0.5, 0.6) is 6.01 Å². The van der Waals surface area contributed by atoms with Crippen molar-refractivity contribution < 1.29 is 17.9 Å². The molecule has 0 unspecified atom stereocenters. The number of ether oxygens (including phenoxy) is 1. The van der Waals surface area contributed by atoms with E-state index in [2.05, 4.69) is 15.0 Å². The third-order valence-corrected chi connectivity index (χ3v) is 2.34. The largest absolute Gasteiger partial charge is 0.463 e. The number of nitrogen functional groups attached to an aromatic ring is 1. The quantitative estimate of drug-likeness (QED) is 0.872. The molecule has 106 valence electrons. The summed E-state index contributed by atoms with van der Waals surface area (Å²) >= 11 is 0. The van der Waals surface area contributed by atoms with Gasteiger partial charge in [0.1, 0.15) is 0 Å². The van der Waals surface area contributed by atoms with Crippen LogP contribution in [-0.2, 0) is 0 Å². The molecule has 0 saturated heterocycles. The molecule has 1 aromatic carbocycles. The molecule has 2 aromatic rings. The lowest BCUT2D eigenvalue weighted by atomic mass is 10.2. The number of benzene rings is 1. The highest BCUT2D eigenvalue weighted by atomic mass is 19.2. The molecule has 0 radical (unpaired) electrons. The van der Waals surface area contributed by atoms with Crippen LogP contribution in [-0.4, -0.2) is 21.6 Å². The minimum atomic E-state index is -1.60. The fourth-order valence-electron chi connectivity index (χ4n) is 1.45. The zero-order chi connectivity index (χ0) is 14.7. The maximum Gasteiger partial charge on any atom is 0.321 e. The summed E-state index contributed by atoms with van der Waals surface area (Å²) in [6, 6.07) is 1.70. The molecule has 2 rings (SSSR count). The molecule has 1 heterocycles. The van der Waals surface area contributed by atoms with Crippen molar-refractivity contribution in [3.05, 3.63) is 29.6 Å². The number of aromatic nitrogens is 3. The maximum atomic E-state index is 13.7. The van der Waals surface area contributed by atoms with Crippen molar-refractivity contribution in [3.8, 4) is 17.4 Å². The molecular formula is C12H11F3N4O. The van der Waals surface area contributed by atoms with Crippen LogP contribution in [0.2, 0.25) is 0 Å². The Morgan fingerprint density at radius 2 is 1.85 bits per heavy atom. The summed E-state index contributed by atoms with van der Waals surface area (Å²) in [6.07, 6.45) is 0.709. The Labute approximate surface area is 112 Å². The molecule has 1 aromatic heterocycles. The van der Waals surface area contributed by atoms with Crippen LogP contribution >= 0.6 is 0 Å². The number of rotatable bonds is 4. The van der Waals surface area contributed by atoms with E-state index in [1.165, 1.54) is 0 Å². The Balaban J connectivity index is 2.47. The highest BCUT2D eigenvalue weighted by Crippen LogP contribution is 2.24. The van der Waals surface area contributed by atoms with Gasteiger partial charge in [0, 0.05) is 0 Å². The third kappa shape index (κ3) is 2.79. The van der Waals surface area contributed by atoms with E-state index in [1.807, 2.05) is 6.92 Å². The zero-order valence-corrected chi connectivity index (χ0v) is 10.5. The van der Waals surface area contributed by atoms with Gasteiger partial charge in [0.2, 0.25) is 5.95 Å². The molecule has 0 saturated carbocycles. The highest BCUT2D eigenvalue weighted by molar-refractivity contribution is 5.57. The molecule has 0 amide bonds. The fourth-order valence-corrected chi connectivity index (χ4v) is 1.45. The number of anilines is 1. The molecule has 0 aliphatic rings. The summed E-state index contributed by atoms with van der Waals surface area (Å²) in [5.74, 6) is -4.71. The standard InChI is InChI=1S/C12H11F3N4O/c1-2-5-20-12-18-10(17-11(16)19-12)6-3-4-7(13)9(15)8(6)14/h3-4H,2,5H2,1H3,(H2,16,17,18,19). The van der Waals surface area contributed by atoms with Gasteiger partial charge < -0.3 is 10.5 Å². The minimum absolute atomic E-state index is 0.0986. The van der Waals surface area contributed by atoms with E-state index in [1.54, 1.807) is 0 Å². The normalized spacial score (nSPS) is 10.6. The summed E-state index contributed by atoms with van der Waals surface area (Å²) < 4.78 is 44.9. The number of nitrogens with zero attached hydrogens (tertiary/aromatic N) is 3. The molecule has 0 spiro atoms. The zero-order valence-electron chi connectivity index (χ0n) is 10.5. The van der Waals surface area contributed by atoms with Crippen molar-refractivity contribution >= 4 is 5.95 Å². The number of hydrogen-bond donors (Lipinski definition) is 1. The van der Waals surface area contributed by atoms with Crippen molar-refractivity contribution in [2.45, 2.75) is 13.3 Å². The number of halogens is 3. The summed E-state index contributed by atoms with van der Waals surface area (Å²) in [7, 11) is 0. The van der Waals surface area contributed by atoms with Gasteiger partial charge in [-0.1, -0.05) is 6.92 Å². The predicted molar refractivity (Wildman–Crippen MR) is 65.3 cm³/mol. The Kier molecular flexibility index (Phi) is 4.02. The first-order valence-electron chi connectivity index (χ1n) is 5.81. The first-order chi connectivity index (χ1) is 9.52. The number of nitrogens with two attached hydrogens (primary N) is 1. The second-order valence-corrected chi connectivity index (χ2v) is 3.87. The molecular weight excluding hydrogens is 273 g/mol. The SMILES string of the molecule is CCCOc1nc(N)nc(-c2ccc(F)c(F)c2F)n1. The molecule has 20 heavy (non-hydrogen) atoms. The van der Waals surface area contributed by atoms with Crippen LogP contribution in [0.3, 0.4) is 0 Å². The lowest BCUT2D eigenvalue weighted by Gasteiger charge is -2.07. The van der Waals surface area contributed by atoms with Crippen molar-refractivity contribution in [2.24, 2.45) is 0 Å². The van der Waals surface area contributed by atoms with Crippen molar-refractivity contribution in [1.82, 2.24) is 15.0 Å². The lowest BCUT2D eigenvalue weighted by molar-refractivity contribution is 0.292. The molecule has 0 aliphatic carbocycles. The fraction of sp³-hybridized carbons (Fsp3) is 0.250. The van der Waals surface area contributed by atoms with Gasteiger partial charge in [-0.15, -0.1) is 0 Å². The molecule has 0 atom stereocenters. The van der Waals surface area contributed by atoms with E-state index in [0.717, 1.165) is 12.1 Å². The van der Waals surface area contributed by atoms with E-state index in [0.29, 0.717) is 13.0 Å². The summed E-state index contributed by atoms with van der Waals surface area (Å²) in [5.41, 5.74) is 5.13. The molecule has 0 aliphatic heterocycles. The van der Waals surface area contributed by atoms with Crippen LogP contribution in [0.4, 0.5) is 19.1 Å². The number of hydrogen-bond acceptors (Lipinski definition) is 5. The Hall–Kier alpha value is -2.38. The minimum Gasteiger partial charge on any atom is -0.463 e. The van der Waals surface area contributed by atoms with E-state index in [9.17, 15) is 13.2 Å². The summed E-state index contributed by atoms with van der Waals surface area (Å²) in [4.78, 5) is 11.2. The molecule has 2 N–H and O–H groups in total. The third-order valence-electron chi connectivity index (χ3n) is 2.34. The Morgan fingerprint density at radius 3 is 2.55 bits per heavy atom. The molecule has 0 bridgehead atoms. The van der Waals surface area contributed by atoms with Crippen LogP contribution < -0.4 is 10.5 Å². The van der Waals surface area contributed by atoms with Crippen LogP contribution in [0.15, 0.2) is 12.1 Å². The maximum absolute atomic E-state index is 13.7. The van der Waals surface area contributed by atoms with Gasteiger partial charge >= 0.3 is 6.01 Å². The van der Waals surface area contributed by atoms with Crippen molar-refractivity contribution in [1.29, 1.82) is 0 Å². The van der Waals surface area contributed by atoms with Gasteiger partial charge in [0.15, 0.2) is 23.3 Å². The Bertz CT molecular complexity index is 636. The predicted octanol–water partition coefficient (Wildman–Crippen LogP) is 2.33. The average molecular weight is 284 g/mol. The monoisotopic (exact) mass is 284 g/mol. The van der Waals surface area contributed by atoms with Gasteiger partial charge in [-0.3, -0.25) is 0 Å². The second kappa shape index (κ2) is 5.72. The lowest BCUT2D eigenvalue weighted by Crippen LogP contribution is -2.07. The smallest absolute Gasteiger partial charge is 0.321 e. The molecule has 0 fully saturated rings. The van der Waals surface area contributed by atoms with E-state index >= 15 is 0 Å². The molecule has 5 nitrogen and oxygen atoms in total. The van der Waals surface area contributed by atoms with Gasteiger partial charge in [-0.25, -0.2) is 13.2 Å². The van der Waals surface area contributed by atoms with Crippen molar-refractivity contribution in [3.63, 3.8) is 0 Å². The average Bonchev–Trinajstić information content (AvgIpc) is 2.42. The van der Waals surface area contributed by atoms with Gasteiger partial charge in [0.05, 0.1) is 12.2 Å². The van der Waals surface area contributed by atoms with Crippen LogP contribution in [0.1, 0.15) is 13.3 Å². The van der Waals surface area contributed by atoms with Crippen LogP contribution in [0, 0.1) is 17.5 Å². The van der Waals surface area contributed by atoms with E-state index in [4.69, 9.17) is 10.5 Å². The topological polar surface area (TPSA) is 73.9 Å². The first kappa shape index (κ1) is 14.0. The van der Waals surface area contributed by atoms with Crippen LogP contribution in [0.25, 0.3) is 11.4 Å². The summed E-state index contributed by atoms with van der Waals surface area (Å²) in [5, 5.41) is 0. The first-order valence-corrected chi connectivity index (χ1v) is 5.81. The highest BCUT2D eigenvalue weighted by Gasteiger charge is 2.18.